The Labute approximate surface area is 255 Å². The highest BCUT2D eigenvalue weighted by molar-refractivity contribution is 7.85. The molecule has 2 atom stereocenters. The molecule has 0 aromatic heterocycles. The molecule has 42 heavy (non-hydrogen) atoms. The highest BCUT2D eigenvalue weighted by atomic mass is 32.2. The van der Waals surface area contributed by atoms with Crippen molar-refractivity contribution in [3.8, 4) is 5.75 Å². The van der Waals surface area contributed by atoms with Gasteiger partial charge in [0.2, 0.25) is 0 Å². The normalized spacial score (nSPS) is 13.5. The van der Waals surface area contributed by atoms with E-state index < -0.39 is 19.1 Å². The zero-order chi connectivity index (χ0) is 30.0. The van der Waals surface area contributed by atoms with Crippen LogP contribution in [0, 0.1) is 6.92 Å². The van der Waals surface area contributed by atoms with Gasteiger partial charge in [0.25, 0.3) is 8.32 Å². The quantitative estimate of drug-likeness (QED) is 0.115. The van der Waals surface area contributed by atoms with Crippen molar-refractivity contribution in [2.45, 2.75) is 63.2 Å². The van der Waals surface area contributed by atoms with E-state index >= 15 is 0 Å². The fraction of sp³-hybridized carbons (Fsp3) is 0.333. The van der Waals surface area contributed by atoms with Gasteiger partial charge in [0, 0.05) is 11.5 Å². The number of aryl methyl sites for hydroxylation is 1. The Morgan fingerprint density at radius 3 is 1.88 bits per heavy atom. The Balaban J connectivity index is 1.50. The zero-order valence-corrected chi connectivity index (χ0v) is 27.4. The molecular formula is C36H44O4SSi. The lowest BCUT2D eigenvalue weighted by molar-refractivity contribution is 0.0461. The maximum atomic E-state index is 13.3. The molecule has 0 aliphatic carbocycles. The maximum Gasteiger partial charge on any atom is 0.261 e. The highest BCUT2D eigenvalue weighted by Gasteiger charge is 2.49. The number of hydrogen-bond donors (Lipinski definition) is 0. The maximum absolute atomic E-state index is 13.3. The van der Waals surface area contributed by atoms with Crippen LogP contribution in [0.25, 0.3) is 0 Å². The Bertz CT molecular complexity index is 1350. The second kappa shape index (κ2) is 14.9. The van der Waals surface area contributed by atoms with Crippen LogP contribution in [-0.2, 0) is 26.6 Å². The third-order valence-electron chi connectivity index (χ3n) is 7.67. The molecule has 0 aliphatic rings. The fourth-order valence-corrected chi connectivity index (χ4v) is 11.2. The third kappa shape index (κ3) is 8.07. The van der Waals surface area contributed by atoms with Crippen LogP contribution < -0.4 is 15.1 Å². The molecule has 0 spiro atoms. The Morgan fingerprint density at radius 1 is 0.786 bits per heavy atom. The van der Waals surface area contributed by atoms with Crippen LogP contribution in [0.4, 0.5) is 0 Å². The first kappa shape index (κ1) is 31.9. The first-order valence-corrected chi connectivity index (χ1v) is 17.9. The van der Waals surface area contributed by atoms with Crippen LogP contribution in [0.3, 0.4) is 0 Å². The fourth-order valence-electron chi connectivity index (χ4n) is 5.40. The van der Waals surface area contributed by atoms with Gasteiger partial charge in [-0.2, -0.15) is 0 Å². The monoisotopic (exact) mass is 600 g/mol. The van der Waals surface area contributed by atoms with Crippen molar-refractivity contribution in [1.82, 2.24) is 0 Å². The predicted octanol–water partition coefficient (Wildman–Crippen LogP) is 7.05. The standard InChI is InChI=1S/C36H44O4SSi/c1-29-18-24-33(25-19-29)41(37)28-32(39-27-30-20-22-31(38-5)23-21-30)13-12-26-40-42(36(2,3)4,34-14-8-6-9-15-34)35-16-10-7-11-17-35/h6-11,14-25,32H,12-13,26-28H2,1-5H3/t32-,41+/m0/s1. The van der Waals surface area contributed by atoms with Gasteiger partial charge in [-0.3, -0.25) is 4.21 Å². The molecule has 0 radical (unpaired) electrons. The number of benzene rings is 4. The first-order valence-electron chi connectivity index (χ1n) is 14.7. The lowest BCUT2D eigenvalue weighted by Crippen LogP contribution is -2.66. The van der Waals surface area contributed by atoms with Gasteiger partial charge < -0.3 is 13.9 Å². The van der Waals surface area contributed by atoms with Crippen LogP contribution in [0.1, 0.15) is 44.7 Å². The second-order valence-corrected chi connectivity index (χ2v) is 17.6. The summed E-state index contributed by atoms with van der Waals surface area (Å²) in [5.41, 5.74) is 2.22. The van der Waals surface area contributed by atoms with Crippen molar-refractivity contribution in [2.75, 3.05) is 19.5 Å². The minimum atomic E-state index is -2.60. The molecule has 0 saturated carbocycles. The van der Waals surface area contributed by atoms with E-state index in [-0.39, 0.29) is 11.1 Å². The average Bonchev–Trinajstić information content (AvgIpc) is 3.00. The van der Waals surface area contributed by atoms with Gasteiger partial charge in [-0.25, -0.2) is 0 Å². The highest BCUT2D eigenvalue weighted by Crippen LogP contribution is 2.37. The van der Waals surface area contributed by atoms with Gasteiger partial charge >= 0.3 is 0 Å². The van der Waals surface area contributed by atoms with Crippen LogP contribution in [0.15, 0.2) is 114 Å². The van der Waals surface area contributed by atoms with E-state index in [2.05, 4.69) is 81.4 Å². The van der Waals surface area contributed by atoms with Crippen LogP contribution in [0.5, 0.6) is 5.75 Å². The molecule has 0 amide bonds. The van der Waals surface area contributed by atoms with E-state index in [1.807, 2.05) is 55.5 Å². The SMILES string of the molecule is COc1ccc(CO[C@@H](CCCO[Si](c2ccccc2)(c2ccccc2)C(C)(C)C)C[S@@](=O)c2ccc(C)cc2)cc1. The van der Waals surface area contributed by atoms with Gasteiger partial charge in [0.05, 0.1) is 36.4 Å². The minimum absolute atomic E-state index is 0.0765. The molecule has 222 valence electrons. The number of hydrogen-bond acceptors (Lipinski definition) is 4. The molecule has 0 aliphatic heterocycles. The molecule has 0 N–H and O–H groups in total. The summed E-state index contributed by atoms with van der Waals surface area (Å²) < 4.78 is 32.1. The van der Waals surface area contributed by atoms with E-state index in [0.717, 1.165) is 34.6 Å². The molecule has 4 nitrogen and oxygen atoms in total. The average molecular weight is 601 g/mol. The summed E-state index contributed by atoms with van der Waals surface area (Å²) in [7, 11) is -2.10. The molecule has 0 heterocycles. The summed E-state index contributed by atoms with van der Waals surface area (Å²) in [6.07, 6.45) is 1.39. The Kier molecular flexibility index (Phi) is 11.3. The van der Waals surface area contributed by atoms with E-state index in [0.29, 0.717) is 19.0 Å². The van der Waals surface area contributed by atoms with Crippen molar-refractivity contribution in [3.63, 3.8) is 0 Å². The van der Waals surface area contributed by atoms with Gasteiger partial charge in [0.15, 0.2) is 0 Å². The number of rotatable bonds is 14. The van der Waals surface area contributed by atoms with Crippen LogP contribution >= 0.6 is 0 Å². The zero-order valence-electron chi connectivity index (χ0n) is 25.5. The Morgan fingerprint density at radius 2 is 1.36 bits per heavy atom. The number of ether oxygens (including phenoxy) is 2. The minimum Gasteiger partial charge on any atom is -0.497 e. The van der Waals surface area contributed by atoms with E-state index in [1.54, 1.807) is 7.11 Å². The summed E-state index contributed by atoms with van der Waals surface area (Å²) in [6.45, 7) is 9.99. The van der Waals surface area contributed by atoms with E-state index in [9.17, 15) is 4.21 Å². The lowest BCUT2D eigenvalue weighted by atomic mass is 10.2. The molecule has 4 aromatic carbocycles. The molecule has 0 bridgehead atoms. The molecular weight excluding hydrogens is 557 g/mol. The molecule has 0 unspecified atom stereocenters. The second-order valence-electron chi connectivity index (χ2n) is 11.8. The number of methoxy groups -OCH3 is 1. The van der Waals surface area contributed by atoms with Crippen molar-refractivity contribution < 1.29 is 18.1 Å². The van der Waals surface area contributed by atoms with Gasteiger partial charge in [-0.1, -0.05) is 111 Å². The molecule has 6 heteroatoms. The topological polar surface area (TPSA) is 44.8 Å². The van der Waals surface area contributed by atoms with E-state index in [4.69, 9.17) is 13.9 Å². The Hall–Kier alpha value is -3.03. The van der Waals surface area contributed by atoms with Crippen molar-refractivity contribution in [2.24, 2.45) is 0 Å². The first-order chi connectivity index (χ1) is 20.2. The van der Waals surface area contributed by atoms with Crippen LogP contribution in [0.2, 0.25) is 5.04 Å². The molecule has 0 saturated heterocycles. The third-order valence-corrected chi connectivity index (χ3v) is 14.2. The van der Waals surface area contributed by atoms with Crippen molar-refractivity contribution in [3.05, 3.63) is 120 Å². The molecule has 0 fully saturated rings. The lowest BCUT2D eigenvalue weighted by Gasteiger charge is -2.43. The van der Waals surface area contributed by atoms with Gasteiger partial charge in [-0.15, -0.1) is 0 Å². The molecule has 4 rings (SSSR count). The van der Waals surface area contributed by atoms with Crippen LogP contribution in [-0.4, -0.2) is 38.1 Å². The van der Waals surface area contributed by atoms with Gasteiger partial charge in [0.1, 0.15) is 5.75 Å². The van der Waals surface area contributed by atoms with Gasteiger partial charge in [-0.05, 0) is 65.0 Å². The predicted molar refractivity (Wildman–Crippen MR) is 177 cm³/mol. The summed E-state index contributed by atoms with van der Waals surface area (Å²) >= 11 is 0. The van der Waals surface area contributed by atoms with E-state index in [1.165, 1.54) is 10.4 Å². The largest absolute Gasteiger partial charge is 0.497 e. The summed E-state index contributed by atoms with van der Waals surface area (Å²) in [5, 5.41) is 2.47. The van der Waals surface area contributed by atoms with Crippen molar-refractivity contribution in [1.29, 1.82) is 0 Å². The summed E-state index contributed by atoms with van der Waals surface area (Å²) in [6, 6.07) is 37.3. The smallest absolute Gasteiger partial charge is 0.261 e. The summed E-state index contributed by atoms with van der Waals surface area (Å²) in [5.74, 6) is 1.26. The summed E-state index contributed by atoms with van der Waals surface area (Å²) in [4.78, 5) is 0.835. The molecule has 4 aromatic rings. The van der Waals surface area contributed by atoms with Crippen molar-refractivity contribution >= 4 is 29.5 Å².